The maximum absolute atomic E-state index is 6.23. The highest BCUT2D eigenvalue weighted by molar-refractivity contribution is 6.30. The third-order valence-corrected chi connectivity index (χ3v) is 7.00. The van der Waals surface area contributed by atoms with Gasteiger partial charge in [-0.25, -0.2) is 0 Å². The van der Waals surface area contributed by atoms with Crippen LogP contribution in [0.15, 0.2) is 67.1 Å². The van der Waals surface area contributed by atoms with Crippen LogP contribution >= 0.6 is 11.6 Å². The molecule has 176 valence electrons. The van der Waals surface area contributed by atoms with Crippen LogP contribution in [0.25, 0.3) is 33.2 Å². The number of fused-ring (bicyclic) bond motifs is 1. The Morgan fingerprint density at radius 3 is 2.53 bits per heavy atom. The Balaban J connectivity index is 1.44. The third kappa shape index (κ3) is 4.97. The van der Waals surface area contributed by atoms with E-state index in [1.54, 1.807) is 7.11 Å². The van der Waals surface area contributed by atoms with Crippen molar-refractivity contribution < 1.29 is 4.74 Å². The fourth-order valence-electron chi connectivity index (χ4n) is 4.77. The molecule has 0 aliphatic carbocycles. The predicted molar refractivity (Wildman–Crippen MR) is 141 cm³/mol. The van der Waals surface area contributed by atoms with E-state index in [2.05, 4.69) is 56.9 Å². The minimum atomic E-state index is 0.726. The van der Waals surface area contributed by atoms with Gasteiger partial charge in [0.05, 0.1) is 7.11 Å². The number of halogens is 1. The Morgan fingerprint density at radius 1 is 0.912 bits per heavy atom. The van der Waals surface area contributed by atoms with E-state index in [9.17, 15) is 0 Å². The molecule has 2 aromatic heterocycles. The smallest absolute Gasteiger partial charge is 0.119 e. The molecule has 0 spiro atoms. The number of aromatic nitrogens is 2. The zero-order valence-corrected chi connectivity index (χ0v) is 20.6. The zero-order valence-electron chi connectivity index (χ0n) is 19.9. The van der Waals surface area contributed by atoms with Gasteiger partial charge in [0, 0.05) is 83.9 Å². The van der Waals surface area contributed by atoms with Gasteiger partial charge in [-0.1, -0.05) is 23.7 Å². The molecule has 0 bridgehead atoms. The lowest BCUT2D eigenvalue weighted by Gasteiger charge is -2.32. The maximum Gasteiger partial charge on any atom is 0.119 e. The second kappa shape index (κ2) is 10.2. The van der Waals surface area contributed by atoms with Crippen molar-refractivity contribution in [3.05, 3.63) is 72.1 Å². The number of pyridine rings is 1. The highest BCUT2D eigenvalue weighted by Gasteiger charge is 2.15. The molecular formula is C28H31ClN4O. The Labute approximate surface area is 206 Å². The molecule has 3 heterocycles. The molecule has 1 aliphatic heterocycles. The maximum atomic E-state index is 6.23. The Hall–Kier alpha value is -2.86. The first kappa shape index (κ1) is 22.9. The average Bonchev–Trinajstić information content (AvgIpc) is 3.23. The molecule has 1 aliphatic rings. The summed E-state index contributed by atoms with van der Waals surface area (Å²) in [4.78, 5) is 9.54. The topological polar surface area (TPSA) is 33.5 Å². The minimum Gasteiger partial charge on any atom is -0.497 e. The van der Waals surface area contributed by atoms with Gasteiger partial charge in [0.1, 0.15) is 5.75 Å². The van der Waals surface area contributed by atoms with Crippen LogP contribution < -0.4 is 4.74 Å². The summed E-state index contributed by atoms with van der Waals surface area (Å²) < 4.78 is 7.93. The molecule has 4 aromatic rings. The Bertz CT molecular complexity index is 1280. The molecule has 0 N–H and O–H groups in total. The van der Waals surface area contributed by atoms with Crippen molar-refractivity contribution in [2.75, 3.05) is 46.9 Å². The largest absolute Gasteiger partial charge is 0.497 e. The van der Waals surface area contributed by atoms with Crippen LogP contribution in [0.1, 0.15) is 6.42 Å². The molecule has 1 saturated heterocycles. The van der Waals surface area contributed by atoms with E-state index in [1.807, 2.05) is 36.7 Å². The molecule has 0 saturated carbocycles. The molecule has 34 heavy (non-hydrogen) atoms. The summed E-state index contributed by atoms with van der Waals surface area (Å²) in [5, 5.41) is 1.91. The van der Waals surface area contributed by atoms with Crippen LogP contribution in [0, 0.1) is 0 Å². The number of hydrogen-bond acceptors (Lipinski definition) is 4. The predicted octanol–water partition coefficient (Wildman–Crippen LogP) is 5.67. The molecule has 0 unspecified atom stereocenters. The molecule has 5 rings (SSSR count). The Morgan fingerprint density at radius 2 is 1.74 bits per heavy atom. The van der Waals surface area contributed by atoms with Crippen molar-refractivity contribution in [1.82, 2.24) is 19.4 Å². The standard InChI is InChI=1S/C28H31ClN4O/c1-31-11-13-32(14-12-31)9-4-10-33-20-27(26-17-25(34-2)7-8-28(26)33)23-15-22(18-30-19-23)21-5-3-6-24(29)16-21/h3,5-8,15-20H,4,9-14H2,1-2H3. The van der Waals surface area contributed by atoms with Gasteiger partial charge >= 0.3 is 0 Å². The number of methoxy groups -OCH3 is 1. The lowest BCUT2D eigenvalue weighted by Crippen LogP contribution is -2.44. The summed E-state index contributed by atoms with van der Waals surface area (Å²) in [6, 6.07) is 16.5. The van der Waals surface area contributed by atoms with Crippen molar-refractivity contribution in [3.8, 4) is 28.0 Å². The summed E-state index contributed by atoms with van der Waals surface area (Å²) in [7, 11) is 3.92. The monoisotopic (exact) mass is 474 g/mol. The number of aryl methyl sites for hydroxylation is 1. The third-order valence-electron chi connectivity index (χ3n) is 6.76. The lowest BCUT2D eigenvalue weighted by molar-refractivity contribution is 0.151. The van der Waals surface area contributed by atoms with Gasteiger partial charge in [-0.3, -0.25) is 4.98 Å². The van der Waals surface area contributed by atoms with Gasteiger partial charge in [-0.2, -0.15) is 0 Å². The zero-order chi connectivity index (χ0) is 23.5. The van der Waals surface area contributed by atoms with E-state index >= 15 is 0 Å². The fraction of sp³-hybridized carbons (Fsp3) is 0.321. The van der Waals surface area contributed by atoms with Crippen molar-refractivity contribution in [2.45, 2.75) is 13.0 Å². The molecular weight excluding hydrogens is 444 g/mol. The van der Waals surface area contributed by atoms with Gasteiger partial charge in [0.2, 0.25) is 0 Å². The van der Waals surface area contributed by atoms with Gasteiger partial charge in [0.25, 0.3) is 0 Å². The first-order chi connectivity index (χ1) is 16.6. The van der Waals surface area contributed by atoms with Crippen LogP contribution in [-0.4, -0.2) is 66.2 Å². The van der Waals surface area contributed by atoms with Crippen LogP contribution in [0.4, 0.5) is 0 Å². The molecule has 0 radical (unpaired) electrons. The van der Waals surface area contributed by atoms with Crippen molar-refractivity contribution in [1.29, 1.82) is 0 Å². The SMILES string of the molecule is COc1ccc2c(c1)c(-c1cncc(-c3cccc(Cl)c3)c1)cn2CCCN1CCN(C)CC1. The second-order valence-electron chi connectivity index (χ2n) is 9.09. The van der Waals surface area contributed by atoms with Gasteiger partial charge < -0.3 is 19.1 Å². The molecule has 0 atom stereocenters. The number of piperazine rings is 1. The van der Waals surface area contributed by atoms with E-state index in [4.69, 9.17) is 16.3 Å². The van der Waals surface area contributed by atoms with E-state index in [0.717, 1.165) is 73.2 Å². The van der Waals surface area contributed by atoms with Crippen molar-refractivity contribution in [2.24, 2.45) is 0 Å². The summed E-state index contributed by atoms with van der Waals surface area (Å²) in [5.41, 5.74) is 5.61. The molecule has 1 fully saturated rings. The second-order valence-corrected chi connectivity index (χ2v) is 9.53. The van der Waals surface area contributed by atoms with E-state index < -0.39 is 0 Å². The number of rotatable bonds is 7. The number of ether oxygens (including phenoxy) is 1. The van der Waals surface area contributed by atoms with Crippen LogP contribution in [0.5, 0.6) is 5.75 Å². The van der Waals surface area contributed by atoms with E-state index in [-0.39, 0.29) is 0 Å². The van der Waals surface area contributed by atoms with Crippen molar-refractivity contribution >= 4 is 22.5 Å². The average molecular weight is 475 g/mol. The summed E-state index contributed by atoms with van der Waals surface area (Å²) in [6.07, 6.45) is 7.23. The quantitative estimate of drug-likeness (QED) is 0.345. The highest BCUT2D eigenvalue weighted by Crippen LogP contribution is 2.35. The van der Waals surface area contributed by atoms with E-state index in [0.29, 0.717) is 0 Å². The number of nitrogens with zero attached hydrogens (tertiary/aromatic N) is 4. The molecule has 2 aromatic carbocycles. The van der Waals surface area contributed by atoms with Crippen LogP contribution in [0.2, 0.25) is 5.02 Å². The highest BCUT2D eigenvalue weighted by atomic mass is 35.5. The lowest BCUT2D eigenvalue weighted by atomic mass is 10.0. The number of hydrogen-bond donors (Lipinski definition) is 0. The first-order valence-electron chi connectivity index (χ1n) is 11.9. The summed E-state index contributed by atoms with van der Waals surface area (Å²) in [5.74, 6) is 0.864. The van der Waals surface area contributed by atoms with Gasteiger partial charge in [-0.05, 0) is 62.0 Å². The van der Waals surface area contributed by atoms with Crippen molar-refractivity contribution in [3.63, 3.8) is 0 Å². The van der Waals surface area contributed by atoms with E-state index in [1.165, 1.54) is 16.5 Å². The normalized spacial score (nSPS) is 15.1. The molecule has 0 amide bonds. The summed E-state index contributed by atoms with van der Waals surface area (Å²) >= 11 is 6.23. The van der Waals surface area contributed by atoms with Crippen LogP contribution in [-0.2, 0) is 6.54 Å². The summed E-state index contributed by atoms with van der Waals surface area (Å²) in [6.45, 7) is 6.75. The fourth-order valence-corrected chi connectivity index (χ4v) is 4.96. The first-order valence-corrected chi connectivity index (χ1v) is 12.3. The van der Waals surface area contributed by atoms with Gasteiger partial charge in [0.15, 0.2) is 0 Å². The Kier molecular flexibility index (Phi) is 6.86. The van der Waals surface area contributed by atoms with Gasteiger partial charge in [-0.15, -0.1) is 0 Å². The van der Waals surface area contributed by atoms with Crippen LogP contribution in [0.3, 0.4) is 0 Å². The molecule has 5 nitrogen and oxygen atoms in total. The number of benzene rings is 2. The minimum absolute atomic E-state index is 0.726. The molecule has 6 heteroatoms. The number of likely N-dealkylation sites (N-methyl/N-ethyl adjacent to an activating group) is 1.